The monoisotopic (exact) mass is 556 g/mol. The second-order valence-electron chi connectivity index (χ2n) is 6.84. The van der Waals surface area contributed by atoms with Crippen molar-refractivity contribution in [1.29, 1.82) is 0 Å². The molecule has 11 heteroatoms. The normalized spacial score (nSPS) is 16.9. The van der Waals surface area contributed by atoms with Crippen LogP contribution < -0.4 is 10.6 Å². The summed E-state index contributed by atoms with van der Waals surface area (Å²) in [5, 5.41) is 5.78. The first-order chi connectivity index (χ1) is 14.3. The molecular weight excluding hydrogens is 528 g/mol. The zero-order chi connectivity index (χ0) is 22.1. The molecule has 1 aliphatic heterocycles. The third kappa shape index (κ3) is 8.19. The molecule has 1 aromatic carbocycles. The van der Waals surface area contributed by atoms with Gasteiger partial charge in [0.1, 0.15) is 0 Å². The molecule has 1 amide bonds. The number of carbonyl (C=O) groups excluding carboxylic acids is 2. The van der Waals surface area contributed by atoms with Crippen LogP contribution in [-0.4, -0.2) is 62.6 Å². The third-order valence-electron chi connectivity index (χ3n) is 4.72. The minimum atomic E-state index is -4.43. The van der Waals surface area contributed by atoms with Gasteiger partial charge in [0.2, 0.25) is 0 Å². The molecule has 7 nitrogen and oxygen atoms in total. The number of nitrogens with zero attached hydrogens (tertiary/aromatic N) is 2. The van der Waals surface area contributed by atoms with Crippen molar-refractivity contribution >= 4 is 41.8 Å². The molecule has 2 rings (SSSR count). The fourth-order valence-corrected chi connectivity index (χ4v) is 3.22. The summed E-state index contributed by atoms with van der Waals surface area (Å²) in [5.74, 6) is -0.244. The van der Waals surface area contributed by atoms with Crippen LogP contribution >= 0.6 is 24.0 Å². The number of rotatable bonds is 6. The van der Waals surface area contributed by atoms with Gasteiger partial charge >= 0.3 is 12.1 Å². The number of halogens is 4. The summed E-state index contributed by atoms with van der Waals surface area (Å²) in [6.07, 6.45) is -2.82. The largest absolute Gasteiger partial charge is 0.466 e. The summed E-state index contributed by atoms with van der Waals surface area (Å²) in [6.45, 7) is 4.02. The fraction of sp³-hybridized carbons (Fsp3) is 0.550. The van der Waals surface area contributed by atoms with E-state index in [4.69, 9.17) is 4.74 Å². The van der Waals surface area contributed by atoms with Crippen LogP contribution in [0, 0.1) is 5.92 Å². The van der Waals surface area contributed by atoms with Crippen molar-refractivity contribution in [3.05, 3.63) is 35.4 Å². The molecule has 1 atom stereocenters. The van der Waals surface area contributed by atoms with E-state index in [-0.39, 0.29) is 48.0 Å². The lowest BCUT2D eigenvalue weighted by Gasteiger charge is -2.33. The summed E-state index contributed by atoms with van der Waals surface area (Å²) in [4.78, 5) is 30.3. The van der Waals surface area contributed by atoms with E-state index in [0.29, 0.717) is 25.7 Å². The van der Waals surface area contributed by atoms with Crippen molar-refractivity contribution in [3.63, 3.8) is 0 Å². The molecular formula is C20H28F3IN4O3. The Labute approximate surface area is 196 Å². The molecule has 31 heavy (non-hydrogen) atoms. The van der Waals surface area contributed by atoms with E-state index in [0.717, 1.165) is 43.7 Å². The second kappa shape index (κ2) is 12.7. The first kappa shape index (κ1) is 27.0. The number of benzene rings is 1. The van der Waals surface area contributed by atoms with E-state index in [9.17, 15) is 22.8 Å². The van der Waals surface area contributed by atoms with Gasteiger partial charge in [0.25, 0.3) is 5.91 Å². The van der Waals surface area contributed by atoms with Crippen molar-refractivity contribution in [3.8, 4) is 0 Å². The van der Waals surface area contributed by atoms with E-state index in [1.54, 1.807) is 14.0 Å². The number of alkyl halides is 3. The van der Waals surface area contributed by atoms with Crippen LogP contribution in [0.25, 0.3) is 0 Å². The summed E-state index contributed by atoms with van der Waals surface area (Å²) >= 11 is 0. The van der Waals surface area contributed by atoms with Gasteiger partial charge in [0.05, 0.1) is 18.1 Å². The zero-order valence-corrected chi connectivity index (χ0v) is 19.8. The predicted octanol–water partition coefficient (Wildman–Crippen LogP) is 2.90. The Bertz CT molecular complexity index is 757. The number of guanidine groups is 1. The molecule has 1 saturated heterocycles. The van der Waals surface area contributed by atoms with Crippen molar-refractivity contribution < 1.29 is 27.5 Å². The van der Waals surface area contributed by atoms with E-state index >= 15 is 0 Å². The van der Waals surface area contributed by atoms with Crippen LogP contribution in [-0.2, 0) is 15.7 Å². The van der Waals surface area contributed by atoms with Crippen LogP contribution in [0.15, 0.2) is 29.3 Å². The Morgan fingerprint density at radius 3 is 2.42 bits per heavy atom. The number of piperidine rings is 1. The van der Waals surface area contributed by atoms with Crippen molar-refractivity contribution in [2.24, 2.45) is 10.9 Å². The smallest absolute Gasteiger partial charge is 0.416 e. The maximum atomic E-state index is 12.6. The molecule has 0 aliphatic carbocycles. The molecule has 0 aromatic heterocycles. The van der Waals surface area contributed by atoms with Crippen LogP contribution in [0.2, 0.25) is 0 Å². The number of likely N-dealkylation sites (tertiary alicyclic amines) is 1. The number of hydrogen-bond donors (Lipinski definition) is 2. The zero-order valence-electron chi connectivity index (χ0n) is 17.5. The van der Waals surface area contributed by atoms with Gasteiger partial charge < -0.3 is 20.3 Å². The number of aliphatic imine (C=N–C) groups is 1. The maximum Gasteiger partial charge on any atom is 0.416 e. The first-order valence-electron chi connectivity index (χ1n) is 9.84. The molecule has 0 bridgehead atoms. The average molecular weight is 556 g/mol. The summed E-state index contributed by atoms with van der Waals surface area (Å²) in [6, 6.07) is 4.05. The quantitative estimate of drug-likeness (QED) is 0.185. The SMILES string of the molecule is CCOC(=O)C1CCCN(C(=NC)NCCNC(=O)c2ccc(C(F)(F)F)cc2)C1.I. The van der Waals surface area contributed by atoms with E-state index in [2.05, 4.69) is 15.6 Å². The van der Waals surface area contributed by atoms with Gasteiger partial charge in [0, 0.05) is 38.8 Å². The van der Waals surface area contributed by atoms with E-state index in [1.807, 2.05) is 4.90 Å². The van der Waals surface area contributed by atoms with Gasteiger partial charge in [-0.15, -0.1) is 24.0 Å². The maximum absolute atomic E-state index is 12.6. The molecule has 2 N–H and O–H groups in total. The standard InChI is InChI=1S/C20H27F3N4O3.HI/c1-3-30-18(29)15-5-4-12-27(13-15)19(24-2)26-11-10-25-17(28)14-6-8-16(9-7-14)20(21,22)23;/h6-9,15H,3-5,10-13H2,1-2H3,(H,24,26)(H,25,28);1H. The molecule has 1 aromatic rings. The Morgan fingerprint density at radius 2 is 1.84 bits per heavy atom. The number of ether oxygens (including phenoxy) is 1. The number of esters is 1. The van der Waals surface area contributed by atoms with Gasteiger partial charge in [-0.25, -0.2) is 0 Å². The molecule has 1 unspecified atom stereocenters. The molecule has 1 heterocycles. The Hall–Kier alpha value is -2.05. The van der Waals surface area contributed by atoms with Crippen LogP contribution in [0.3, 0.4) is 0 Å². The summed E-state index contributed by atoms with van der Waals surface area (Å²) < 4.78 is 42.9. The van der Waals surface area contributed by atoms with Crippen molar-refractivity contribution in [1.82, 2.24) is 15.5 Å². The van der Waals surface area contributed by atoms with Crippen LogP contribution in [0.5, 0.6) is 0 Å². The van der Waals surface area contributed by atoms with E-state index in [1.165, 1.54) is 0 Å². The topological polar surface area (TPSA) is 83.0 Å². The molecule has 1 aliphatic rings. The first-order valence-corrected chi connectivity index (χ1v) is 9.84. The highest BCUT2D eigenvalue weighted by molar-refractivity contribution is 14.0. The molecule has 0 saturated carbocycles. The van der Waals surface area contributed by atoms with E-state index < -0.39 is 17.6 Å². The summed E-state index contributed by atoms with van der Waals surface area (Å²) in [5.41, 5.74) is -0.645. The highest BCUT2D eigenvalue weighted by atomic mass is 127. The number of amides is 1. The lowest BCUT2D eigenvalue weighted by Crippen LogP contribution is -2.49. The Morgan fingerprint density at radius 1 is 1.19 bits per heavy atom. The minimum Gasteiger partial charge on any atom is -0.466 e. The molecule has 0 radical (unpaired) electrons. The van der Waals surface area contributed by atoms with Crippen LogP contribution in [0.1, 0.15) is 35.7 Å². The van der Waals surface area contributed by atoms with Crippen LogP contribution in [0.4, 0.5) is 13.2 Å². The van der Waals surface area contributed by atoms with Gasteiger partial charge in [0.15, 0.2) is 5.96 Å². The third-order valence-corrected chi connectivity index (χ3v) is 4.72. The summed E-state index contributed by atoms with van der Waals surface area (Å²) in [7, 11) is 1.64. The van der Waals surface area contributed by atoms with Gasteiger partial charge in [-0.1, -0.05) is 0 Å². The van der Waals surface area contributed by atoms with Crippen molar-refractivity contribution in [2.45, 2.75) is 25.9 Å². The Balaban J connectivity index is 0.00000480. The van der Waals surface area contributed by atoms with Gasteiger partial charge in [-0.2, -0.15) is 13.2 Å². The molecule has 174 valence electrons. The second-order valence-corrected chi connectivity index (χ2v) is 6.84. The average Bonchev–Trinajstić information content (AvgIpc) is 2.73. The molecule has 0 spiro atoms. The predicted molar refractivity (Wildman–Crippen MR) is 121 cm³/mol. The van der Waals surface area contributed by atoms with Gasteiger partial charge in [-0.05, 0) is 44.0 Å². The fourth-order valence-electron chi connectivity index (χ4n) is 3.22. The minimum absolute atomic E-state index is 0. The van der Waals surface area contributed by atoms with Gasteiger partial charge in [-0.3, -0.25) is 14.6 Å². The number of carbonyl (C=O) groups is 2. The van der Waals surface area contributed by atoms with Crippen molar-refractivity contribution in [2.75, 3.05) is 39.8 Å². The number of hydrogen-bond acceptors (Lipinski definition) is 4. The lowest BCUT2D eigenvalue weighted by molar-refractivity contribution is -0.149. The number of nitrogens with one attached hydrogen (secondary N) is 2. The molecule has 1 fully saturated rings. The highest BCUT2D eigenvalue weighted by Gasteiger charge is 2.30. The highest BCUT2D eigenvalue weighted by Crippen LogP contribution is 2.29. The lowest BCUT2D eigenvalue weighted by atomic mass is 9.98. The Kier molecular flexibility index (Phi) is 11.1.